The number of rotatable bonds is 0. The number of nitrogens with zero attached hydrogens (tertiary/aromatic N) is 2. The maximum atomic E-state index is 5.38. The fourth-order valence-electron chi connectivity index (χ4n) is 0.384. The molecule has 0 aliphatic heterocycles. The highest BCUT2D eigenvalue weighted by Gasteiger charge is 1.84. The van der Waals surface area contributed by atoms with E-state index in [-0.39, 0.29) is 0 Å². The third kappa shape index (κ3) is 0.764. The monoisotopic (exact) mass is 111 g/mol. The van der Waals surface area contributed by atoms with Gasteiger partial charge in [0.15, 0.2) is 0 Å². The molecular weight excluding hydrogens is 105 g/mol. The van der Waals surface area contributed by atoms with Crippen LogP contribution in [-0.4, -0.2) is 25.3 Å². The van der Waals surface area contributed by atoms with E-state index in [4.69, 9.17) is 5.73 Å². The van der Waals surface area contributed by atoms with Crippen LogP contribution in [0.15, 0.2) is 12.3 Å². The molecule has 0 amide bonds. The Morgan fingerprint density at radius 1 is 1.86 bits per heavy atom. The second kappa shape index (κ2) is 1.57. The smallest absolute Gasteiger partial charge is 0.386 e. The molecule has 1 rings (SSSR count). The Morgan fingerprint density at radius 2 is 2.57 bits per heavy atom. The fourth-order valence-corrected chi connectivity index (χ4v) is 0.667. The van der Waals surface area contributed by atoms with E-state index in [2.05, 4.69) is 5.10 Å². The second-order valence-electron chi connectivity index (χ2n) is 1.38. The number of hydrogen-bond acceptors (Lipinski definition) is 2. The molecule has 0 spiro atoms. The van der Waals surface area contributed by atoms with Crippen LogP contribution in [0, 0.1) is 0 Å². The maximum Gasteiger partial charge on any atom is 0.401 e. The molecule has 0 saturated heterocycles. The Hall–Kier alpha value is -0.458. The lowest BCUT2D eigenvalue weighted by molar-refractivity contribution is 1.00. The minimum atomic E-state index is 0.756. The van der Waals surface area contributed by atoms with E-state index in [0.717, 1.165) is 22.3 Å². The standard InChI is InChI=1S/C3H4N3.Al.2H/c4-3-1-2-5-6-3;;;/h1-2H,(H2-,4,5,6);;;/q-1;+1;;. The maximum absolute atomic E-state index is 5.38. The minimum absolute atomic E-state index is 0.756. The van der Waals surface area contributed by atoms with Gasteiger partial charge < -0.3 is 9.40 Å². The normalized spacial score (nSPS) is 9.14. The topological polar surface area (TPSA) is 43.8 Å². The van der Waals surface area contributed by atoms with Gasteiger partial charge in [0.25, 0.3) is 0 Å². The summed E-state index contributed by atoms with van der Waals surface area (Å²) in [6.07, 6.45) is 1.70. The van der Waals surface area contributed by atoms with Crippen molar-refractivity contribution in [2.45, 2.75) is 0 Å². The van der Waals surface area contributed by atoms with Crippen molar-refractivity contribution >= 4 is 22.3 Å². The van der Waals surface area contributed by atoms with E-state index in [1.165, 1.54) is 0 Å². The molecule has 1 heterocycles. The van der Waals surface area contributed by atoms with Crippen molar-refractivity contribution in [2.75, 3.05) is 5.73 Å². The van der Waals surface area contributed by atoms with Crippen LogP contribution < -0.4 is 5.73 Å². The SMILES string of the molecule is Nc1ccn[n]1[AlH2]. The Labute approximate surface area is 49.8 Å². The summed E-state index contributed by atoms with van der Waals surface area (Å²) < 4.78 is 1.75. The van der Waals surface area contributed by atoms with Crippen LogP contribution in [0.25, 0.3) is 0 Å². The number of anilines is 1. The minimum Gasteiger partial charge on any atom is -0.386 e. The van der Waals surface area contributed by atoms with Gasteiger partial charge in [0, 0.05) is 6.20 Å². The van der Waals surface area contributed by atoms with Gasteiger partial charge in [0.2, 0.25) is 0 Å². The van der Waals surface area contributed by atoms with Crippen molar-refractivity contribution < 1.29 is 0 Å². The van der Waals surface area contributed by atoms with Crippen LogP contribution in [0.1, 0.15) is 0 Å². The van der Waals surface area contributed by atoms with E-state index >= 15 is 0 Å². The first kappa shape index (κ1) is 4.70. The summed E-state index contributed by atoms with van der Waals surface area (Å²) in [6, 6.07) is 1.78. The largest absolute Gasteiger partial charge is 0.401 e. The van der Waals surface area contributed by atoms with E-state index in [9.17, 15) is 0 Å². The molecule has 0 fully saturated rings. The molecule has 1 aromatic rings. The molecule has 4 heteroatoms. The molecule has 0 bridgehead atoms. The molecule has 0 aliphatic carbocycles. The lowest BCUT2D eigenvalue weighted by Crippen LogP contribution is -1.98. The van der Waals surface area contributed by atoms with Crippen molar-refractivity contribution in [3.63, 3.8) is 0 Å². The molecule has 0 aliphatic rings. The zero-order valence-corrected chi connectivity index (χ0v) is 6.13. The zero-order valence-electron chi connectivity index (χ0n) is 4.13. The first-order chi connectivity index (χ1) is 3.30. The molecule has 0 aromatic carbocycles. The molecular formula is C3H6AlN3. The van der Waals surface area contributed by atoms with Crippen LogP contribution in [-0.2, 0) is 0 Å². The lowest BCUT2D eigenvalue weighted by Gasteiger charge is -1.89. The lowest BCUT2D eigenvalue weighted by atomic mass is 10.7. The van der Waals surface area contributed by atoms with Gasteiger partial charge in [-0.05, 0) is 6.07 Å². The third-order valence-electron chi connectivity index (χ3n) is 0.859. The summed E-state index contributed by atoms with van der Waals surface area (Å²) in [4.78, 5) is 0. The first-order valence-electron chi connectivity index (χ1n) is 2.04. The average Bonchev–Trinajstić information content (AvgIpc) is 1.91. The Kier molecular flexibility index (Phi) is 1.05. The molecule has 0 unspecified atom stereocenters. The predicted molar refractivity (Wildman–Crippen MR) is 30.6 cm³/mol. The van der Waals surface area contributed by atoms with Crippen molar-refractivity contribution in [3.05, 3.63) is 12.3 Å². The van der Waals surface area contributed by atoms with Crippen LogP contribution in [0.3, 0.4) is 0 Å². The van der Waals surface area contributed by atoms with Crippen molar-refractivity contribution in [3.8, 4) is 0 Å². The third-order valence-corrected chi connectivity index (χ3v) is 1.61. The molecule has 7 heavy (non-hydrogen) atoms. The van der Waals surface area contributed by atoms with Crippen LogP contribution in [0.4, 0.5) is 5.82 Å². The van der Waals surface area contributed by atoms with Crippen molar-refractivity contribution in [2.24, 2.45) is 0 Å². The average molecular weight is 111 g/mol. The predicted octanol–water partition coefficient (Wildman–Crippen LogP) is -1.14. The molecule has 0 radical (unpaired) electrons. The molecule has 36 valence electrons. The highest BCUT2D eigenvalue weighted by molar-refractivity contribution is 6.07. The molecule has 2 N–H and O–H groups in total. The van der Waals surface area contributed by atoms with E-state index in [1.807, 2.05) is 0 Å². The number of nitrogens with two attached hydrogens (primary N) is 1. The summed E-state index contributed by atoms with van der Waals surface area (Å²) in [6.45, 7) is 0. The molecule has 3 nitrogen and oxygen atoms in total. The highest BCUT2D eigenvalue weighted by Crippen LogP contribution is 1.92. The molecule has 0 atom stereocenters. The first-order valence-corrected chi connectivity index (χ1v) is 2.93. The van der Waals surface area contributed by atoms with E-state index in [1.54, 1.807) is 15.9 Å². The second-order valence-corrected chi connectivity index (χ2v) is 2.23. The molecule has 0 saturated carbocycles. The highest BCUT2D eigenvalue weighted by atomic mass is 27.1. The molecule has 1 aromatic heterocycles. The van der Waals surface area contributed by atoms with Gasteiger partial charge in [0.05, 0.1) is 5.82 Å². The summed E-state index contributed by atoms with van der Waals surface area (Å²) in [5.41, 5.74) is 5.38. The zero-order chi connectivity index (χ0) is 5.28. The van der Waals surface area contributed by atoms with Gasteiger partial charge in [0.1, 0.15) is 0 Å². The Bertz CT molecular complexity index is 142. The summed E-state index contributed by atoms with van der Waals surface area (Å²) in [7, 11) is 0. The van der Waals surface area contributed by atoms with Crippen molar-refractivity contribution in [1.29, 1.82) is 0 Å². The fraction of sp³-hybridized carbons (Fsp3) is 0. The van der Waals surface area contributed by atoms with Crippen molar-refractivity contribution in [1.82, 2.24) is 8.76 Å². The van der Waals surface area contributed by atoms with Gasteiger partial charge in [-0.1, -0.05) is 0 Å². The van der Waals surface area contributed by atoms with Gasteiger partial charge in [-0.25, -0.2) is 5.10 Å². The van der Waals surface area contributed by atoms with Crippen LogP contribution in [0.2, 0.25) is 0 Å². The van der Waals surface area contributed by atoms with Gasteiger partial charge >= 0.3 is 16.5 Å². The van der Waals surface area contributed by atoms with E-state index < -0.39 is 0 Å². The summed E-state index contributed by atoms with van der Waals surface area (Å²) in [5, 5.41) is 3.87. The quantitative estimate of drug-likeness (QED) is 0.430. The van der Waals surface area contributed by atoms with E-state index in [0.29, 0.717) is 0 Å². The number of nitrogen functional groups attached to an aromatic ring is 1. The Balaban J connectivity index is 3.12. The number of aromatic nitrogens is 2. The van der Waals surface area contributed by atoms with Gasteiger partial charge in [-0.15, -0.1) is 0 Å². The number of hydrogen-bond donors (Lipinski definition) is 1. The summed E-state index contributed by atoms with van der Waals surface area (Å²) in [5.74, 6) is 0.756. The Morgan fingerprint density at radius 3 is 2.71 bits per heavy atom. The van der Waals surface area contributed by atoms with Gasteiger partial charge in [-0.2, -0.15) is 0 Å². The van der Waals surface area contributed by atoms with Crippen LogP contribution in [0.5, 0.6) is 0 Å². The summed E-state index contributed by atoms with van der Waals surface area (Å²) >= 11 is 0.879. The van der Waals surface area contributed by atoms with Gasteiger partial charge in [-0.3, -0.25) is 0 Å². The van der Waals surface area contributed by atoms with Crippen LogP contribution >= 0.6 is 0 Å².